The van der Waals surface area contributed by atoms with Crippen LogP contribution in [0.2, 0.25) is 0 Å². The number of hydrogen-bond donors (Lipinski definition) is 2. The van der Waals surface area contributed by atoms with E-state index in [4.69, 9.17) is 5.11 Å². The van der Waals surface area contributed by atoms with Gasteiger partial charge in [-0.3, -0.25) is 0 Å². The predicted octanol–water partition coefficient (Wildman–Crippen LogP) is 2.26. The summed E-state index contributed by atoms with van der Waals surface area (Å²) in [7, 11) is 0. The van der Waals surface area contributed by atoms with Gasteiger partial charge in [-0.1, -0.05) is 12.1 Å². The minimum absolute atomic E-state index is 0.00292. The van der Waals surface area contributed by atoms with E-state index in [0.717, 1.165) is 22.2 Å². The Labute approximate surface area is 105 Å². The van der Waals surface area contributed by atoms with Crippen molar-refractivity contribution in [2.75, 3.05) is 6.61 Å². The quantitative estimate of drug-likeness (QED) is 0.874. The maximum atomic E-state index is 11.4. The number of rotatable bonds is 3. The second-order valence-corrected chi connectivity index (χ2v) is 4.54. The first kappa shape index (κ1) is 12.6. The van der Waals surface area contributed by atoms with Crippen molar-refractivity contribution in [1.82, 2.24) is 4.57 Å². The molecule has 4 heteroatoms. The van der Waals surface area contributed by atoms with Crippen LogP contribution < -0.4 is 0 Å². The van der Waals surface area contributed by atoms with Crippen molar-refractivity contribution in [3.63, 3.8) is 0 Å². The Morgan fingerprint density at radius 1 is 1.28 bits per heavy atom. The second kappa shape index (κ2) is 4.46. The molecule has 4 nitrogen and oxygen atoms in total. The van der Waals surface area contributed by atoms with Gasteiger partial charge in [-0.2, -0.15) is 0 Å². The molecule has 2 rings (SSSR count). The topological polar surface area (TPSA) is 62.5 Å². The summed E-state index contributed by atoms with van der Waals surface area (Å²) in [6.07, 6.45) is 0. The summed E-state index contributed by atoms with van der Waals surface area (Å²) in [5.74, 6) is -0.921. The molecule has 0 spiro atoms. The van der Waals surface area contributed by atoms with E-state index in [0.29, 0.717) is 17.6 Å². The molecule has 1 heterocycles. The van der Waals surface area contributed by atoms with Crippen LogP contribution in [0.5, 0.6) is 0 Å². The van der Waals surface area contributed by atoms with Crippen molar-refractivity contribution in [3.05, 3.63) is 34.5 Å². The highest BCUT2D eigenvalue weighted by Crippen LogP contribution is 2.29. The van der Waals surface area contributed by atoms with Crippen LogP contribution in [-0.2, 0) is 6.54 Å². The Balaban J connectivity index is 2.94. The first-order valence-corrected chi connectivity index (χ1v) is 5.92. The Morgan fingerprint density at radius 2 is 1.94 bits per heavy atom. The standard InChI is InChI=1S/C14H17NO3/c1-8-4-5-11-9(2)10(3)15(6-7-16)13(11)12(8)14(17)18/h4-5,16H,6-7H2,1-3H3,(H,17,18). The number of aliphatic hydroxyl groups excluding tert-OH is 1. The molecular weight excluding hydrogens is 230 g/mol. The van der Waals surface area contributed by atoms with Gasteiger partial charge in [0.1, 0.15) is 0 Å². The molecular formula is C14H17NO3. The Hall–Kier alpha value is -1.81. The second-order valence-electron chi connectivity index (χ2n) is 4.54. The number of hydrogen-bond acceptors (Lipinski definition) is 2. The minimum atomic E-state index is -0.921. The number of carboxylic acids is 1. The molecule has 2 N–H and O–H groups in total. The van der Waals surface area contributed by atoms with Crippen LogP contribution >= 0.6 is 0 Å². The maximum Gasteiger partial charge on any atom is 0.338 e. The van der Waals surface area contributed by atoms with E-state index >= 15 is 0 Å². The lowest BCUT2D eigenvalue weighted by Crippen LogP contribution is -2.09. The Morgan fingerprint density at radius 3 is 2.50 bits per heavy atom. The van der Waals surface area contributed by atoms with Gasteiger partial charge in [0.2, 0.25) is 0 Å². The van der Waals surface area contributed by atoms with Crippen molar-refractivity contribution >= 4 is 16.9 Å². The largest absolute Gasteiger partial charge is 0.478 e. The summed E-state index contributed by atoms with van der Waals surface area (Å²) >= 11 is 0. The van der Waals surface area contributed by atoms with E-state index in [1.54, 1.807) is 6.92 Å². The third-order valence-electron chi connectivity index (χ3n) is 3.55. The molecule has 0 fully saturated rings. The van der Waals surface area contributed by atoms with E-state index in [9.17, 15) is 9.90 Å². The number of aliphatic hydroxyl groups is 1. The van der Waals surface area contributed by atoms with E-state index in [2.05, 4.69) is 0 Å². The molecule has 0 saturated carbocycles. The molecule has 0 aliphatic heterocycles. The number of benzene rings is 1. The van der Waals surface area contributed by atoms with E-state index < -0.39 is 5.97 Å². The zero-order chi connectivity index (χ0) is 13.4. The Bertz CT molecular complexity index is 626. The van der Waals surface area contributed by atoms with Gasteiger partial charge < -0.3 is 14.8 Å². The lowest BCUT2D eigenvalue weighted by molar-refractivity contribution is 0.0697. The highest BCUT2D eigenvalue weighted by atomic mass is 16.4. The fraction of sp³-hybridized carbons (Fsp3) is 0.357. The number of aromatic nitrogens is 1. The van der Waals surface area contributed by atoms with Crippen LogP contribution in [0.15, 0.2) is 12.1 Å². The first-order chi connectivity index (χ1) is 8.49. The Kier molecular flexibility index (Phi) is 3.13. The highest BCUT2D eigenvalue weighted by molar-refractivity contribution is 6.05. The van der Waals surface area contributed by atoms with Crippen molar-refractivity contribution in [3.8, 4) is 0 Å². The van der Waals surface area contributed by atoms with Crippen LogP contribution in [0.25, 0.3) is 10.9 Å². The summed E-state index contributed by atoms with van der Waals surface area (Å²) < 4.78 is 1.89. The third kappa shape index (κ3) is 1.69. The SMILES string of the molecule is Cc1ccc2c(C)c(C)n(CCO)c2c1C(=O)O. The number of carboxylic acid groups (broad SMARTS) is 1. The van der Waals surface area contributed by atoms with Gasteiger partial charge >= 0.3 is 5.97 Å². The highest BCUT2D eigenvalue weighted by Gasteiger charge is 2.19. The monoisotopic (exact) mass is 247 g/mol. The van der Waals surface area contributed by atoms with Crippen molar-refractivity contribution in [2.24, 2.45) is 0 Å². The maximum absolute atomic E-state index is 11.4. The number of carbonyl (C=O) groups is 1. The van der Waals surface area contributed by atoms with Crippen molar-refractivity contribution in [2.45, 2.75) is 27.3 Å². The van der Waals surface area contributed by atoms with Crippen LogP contribution in [0.4, 0.5) is 0 Å². The van der Waals surface area contributed by atoms with E-state index in [1.807, 2.05) is 30.5 Å². The van der Waals surface area contributed by atoms with Gasteiger partial charge in [-0.05, 0) is 31.9 Å². The number of fused-ring (bicyclic) bond motifs is 1. The third-order valence-corrected chi connectivity index (χ3v) is 3.55. The molecule has 2 aromatic rings. The van der Waals surface area contributed by atoms with Crippen LogP contribution in [-0.4, -0.2) is 27.4 Å². The molecule has 0 atom stereocenters. The van der Waals surface area contributed by atoms with E-state index in [1.165, 1.54) is 0 Å². The number of nitrogens with zero attached hydrogens (tertiary/aromatic N) is 1. The number of aryl methyl sites for hydroxylation is 2. The normalized spacial score (nSPS) is 11.1. The molecule has 0 aliphatic rings. The summed E-state index contributed by atoms with van der Waals surface area (Å²) in [6.45, 7) is 6.14. The molecule has 0 aliphatic carbocycles. The molecule has 0 radical (unpaired) electrons. The summed E-state index contributed by atoms with van der Waals surface area (Å²) in [4.78, 5) is 11.4. The van der Waals surface area contributed by atoms with Gasteiger partial charge in [-0.25, -0.2) is 4.79 Å². The molecule has 1 aromatic heterocycles. The lowest BCUT2D eigenvalue weighted by Gasteiger charge is -2.09. The minimum Gasteiger partial charge on any atom is -0.478 e. The molecule has 0 bridgehead atoms. The fourth-order valence-electron chi connectivity index (χ4n) is 2.49. The lowest BCUT2D eigenvalue weighted by atomic mass is 10.0. The van der Waals surface area contributed by atoms with E-state index in [-0.39, 0.29) is 6.61 Å². The smallest absolute Gasteiger partial charge is 0.338 e. The number of aromatic carboxylic acids is 1. The fourth-order valence-corrected chi connectivity index (χ4v) is 2.49. The zero-order valence-electron chi connectivity index (χ0n) is 10.8. The molecule has 96 valence electrons. The van der Waals surface area contributed by atoms with Crippen molar-refractivity contribution in [1.29, 1.82) is 0 Å². The molecule has 0 amide bonds. The first-order valence-electron chi connectivity index (χ1n) is 5.92. The van der Waals surface area contributed by atoms with Gasteiger partial charge in [0.05, 0.1) is 17.7 Å². The van der Waals surface area contributed by atoms with Gasteiger partial charge in [0, 0.05) is 17.6 Å². The van der Waals surface area contributed by atoms with Crippen LogP contribution in [0.3, 0.4) is 0 Å². The summed E-state index contributed by atoms with van der Waals surface area (Å²) in [6, 6.07) is 3.79. The van der Waals surface area contributed by atoms with Crippen LogP contribution in [0.1, 0.15) is 27.2 Å². The van der Waals surface area contributed by atoms with Crippen LogP contribution in [0, 0.1) is 20.8 Å². The average Bonchev–Trinajstić information content (AvgIpc) is 2.54. The average molecular weight is 247 g/mol. The molecule has 0 unspecified atom stereocenters. The van der Waals surface area contributed by atoms with Crippen molar-refractivity contribution < 1.29 is 15.0 Å². The summed E-state index contributed by atoms with van der Waals surface area (Å²) in [5, 5.41) is 19.5. The summed E-state index contributed by atoms with van der Waals surface area (Å²) in [5.41, 5.74) is 3.86. The van der Waals surface area contributed by atoms with Gasteiger partial charge in [0.15, 0.2) is 0 Å². The zero-order valence-corrected chi connectivity index (χ0v) is 10.8. The molecule has 1 aromatic carbocycles. The molecule has 18 heavy (non-hydrogen) atoms. The molecule has 0 saturated heterocycles. The predicted molar refractivity (Wildman–Crippen MR) is 70.2 cm³/mol. The van der Waals surface area contributed by atoms with Gasteiger partial charge in [-0.15, -0.1) is 0 Å². The van der Waals surface area contributed by atoms with Gasteiger partial charge in [0.25, 0.3) is 0 Å².